The fraction of sp³-hybridized carbons (Fsp3) is 0.500. The number of benzene rings is 1. The van der Waals surface area contributed by atoms with Crippen LogP contribution in [-0.2, 0) is 6.42 Å². The van der Waals surface area contributed by atoms with Crippen LogP contribution in [0.25, 0.3) is 0 Å². The molecule has 0 saturated heterocycles. The van der Waals surface area contributed by atoms with Crippen molar-refractivity contribution >= 4 is 15.9 Å². The van der Waals surface area contributed by atoms with E-state index in [1.165, 1.54) is 0 Å². The molecule has 4 N–H and O–H groups in total. The Bertz CT molecular complexity index is 320. The summed E-state index contributed by atoms with van der Waals surface area (Å²) in [4.78, 5) is 0. The van der Waals surface area contributed by atoms with Crippen molar-refractivity contribution < 1.29 is 10.2 Å². The maximum Gasteiger partial charge on any atom is 0.105 e. The summed E-state index contributed by atoms with van der Waals surface area (Å²) in [6.07, 6.45) is -0.328. The molecule has 3 nitrogen and oxygen atoms in total. The number of hydrogen-bond donors (Lipinski definition) is 3. The smallest absolute Gasteiger partial charge is 0.105 e. The van der Waals surface area contributed by atoms with Gasteiger partial charge < -0.3 is 15.9 Å². The number of rotatable bonds is 6. The van der Waals surface area contributed by atoms with Crippen molar-refractivity contribution in [1.82, 2.24) is 0 Å². The highest BCUT2D eigenvalue weighted by molar-refractivity contribution is 9.09. The van der Waals surface area contributed by atoms with E-state index >= 15 is 0 Å². The number of aliphatic hydroxyl groups excluding tert-OH is 2. The molecule has 1 aromatic carbocycles. The van der Waals surface area contributed by atoms with Crippen molar-refractivity contribution in [1.29, 1.82) is 0 Å². The third-order valence-corrected chi connectivity index (χ3v) is 3.01. The van der Waals surface area contributed by atoms with Gasteiger partial charge in [0.25, 0.3) is 0 Å². The van der Waals surface area contributed by atoms with Crippen molar-refractivity contribution in [3.8, 4) is 0 Å². The van der Waals surface area contributed by atoms with Crippen molar-refractivity contribution in [3.63, 3.8) is 0 Å². The van der Waals surface area contributed by atoms with Crippen LogP contribution in [0.4, 0.5) is 0 Å². The van der Waals surface area contributed by atoms with Crippen molar-refractivity contribution in [2.75, 3.05) is 11.9 Å². The van der Waals surface area contributed by atoms with Crippen LogP contribution >= 0.6 is 15.9 Å². The van der Waals surface area contributed by atoms with Gasteiger partial charge in [0.05, 0.1) is 6.10 Å². The van der Waals surface area contributed by atoms with E-state index in [1.807, 2.05) is 24.3 Å². The maximum atomic E-state index is 10.0. The number of aliphatic hydroxyl groups is 2. The summed E-state index contributed by atoms with van der Waals surface area (Å²) in [5.74, 6) is 0. The second-order valence-corrected chi connectivity index (χ2v) is 4.52. The van der Waals surface area contributed by atoms with Gasteiger partial charge in [0.15, 0.2) is 0 Å². The Morgan fingerprint density at radius 3 is 2.56 bits per heavy atom. The van der Waals surface area contributed by atoms with Gasteiger partial charge in [0.2, 0.25) is 0 Å². The molecule has 0 aliphatic heterocycles. The van der Waals surface area contributed by atoms with Crippen molar-refractivity contribution in [2.24, 2.45) is 5.73 Å². The molecule has 2 atom stereocenters. The van der Waals surface area contributed by atoms with E-state index in [0.29, 0.717) is 24.7 Å². The van der Waals surface area contributed by atoms with Crippen LogP contribution in [0.5, 0.6) is 0 Å². The van der Waals surface area contributed by atoms with Crippen LogP contribution in [0.1, 0.15) is 23.7 Å². The first-order valence-corrected chi connectivity index (χ1v) is 6.52. The second-order valence-electron chi connectivity index (χ2n) is 3.73. The molecule has 4 heteroatoms. The second kappa shape index (κ2) is 7.01. The minimum Gasteiger partial charge on any atom is -0.390 e. The molecule has 0 spiro atoms. The van der Waals surface area contributed by atoms with E-state index in [2.05, 4.69) is 15.9 Å². The summed E-state index contributed by atoms with van der Waals surface area (Å²) in [6.45, 7) is 0.540. The summed E-state index contributed by atoms with van der Waals surface area (Å²) in [5, 5.41) is 20.4. The molecule has 0 saturated carbocycles. The molecule has 0 fully saturated rings. The molecule has 0 bridgehead atoms. The van der Waals surface area contributed by atoms with Crippen molar-refractivity contribution in [3.05, 3.63) is 35.4 Å². The van der Waals surface area contributed by atoms with Gasteiger partial charge in [-0.05, 0) is 30.5 Å². The van der Waals surface area contributed by atoms with E-state index in [-0.39, 0.29) is 0 Å². The third-order valence-electron chi connectivity index (χ3n) is 2.56. The fourth-order valence-electron chi connectivity index (χ4n) is 1.68. The number of nitrogens with two attached hydrogens (primary N) is 1. The molecule has 2 unspecified atom stereocenters. The van der Waals surface area contributed by atoms with Crippen LogP contribution in [0, 0.1) is 0 Å². The van der Waals surface area contributed by atoms with Gasteiger partial charge in [-0.3, -0.25) is 0 Å². The molecule has 1 aromatic rings. The molecular formula is C12H18BrNO2. The van der Waals surface area contributed by atoms with Crippen LogP contribution < -0.4 is 5.73 Å². The lowest BCUT2D eigenvalue weighted by molar-refractivity contribution is 0.0168. The number of alkyl halides is 1. The predicted octanol–water partition coefficient (Wildman–Crippen LogP) is 1.37. The minimum atomic E-state index is -0.833. The van der Waals surface area contributed by atoms with Gasteiger partial charge in [-0.25, -0.2) is 0 Å². The summed E-state index contributed by atoms with van der Waals surface area (Å²) in [7, 11) is 0. The van der Waals surface area contributed by atoms with Gasteiger partial charge in [0, 0.05) is 5.33 Å². The van der Waals surface area contributed by atoms with Gasteiger partial charge in [-0.2, -0.15) is 0 Å². The third kappa shape index (κ3) is 3.56. The molecule has 0 aromatic heterocycles. The maximum absolute atomic E-state index is 10.0. The largest absolute Gasteiger partial charge is 0.390 e. The van der Waals surface area contributed by atoms with E-state index in [1.54, 1.807) is 0 Å². The van der Waals surface area contributed by atoms with Crippen LogP contribution in [-0.4, -0.2) is 28.2 Å². The number of hydrogen-bond acceptors (Lipinski definition) is 3. The average molecular weight is 288 g/mol. The minimum absolute atomic E-state index is 0.526. The standard InChI is InChI=1S/C12H18BrNO2/c13-7-5-11(15)12(16)10-4-2-1-3-9(10)6-8-14/h1-4,11-12,15-16H,5-8,14H2. The van der Waals surface area contributed by atoms with Gasteiger partial charge in [-0.1, -0.05) is 40.2 Å². The Balaban J connectivity index is 2.84. The monoisotopic (exact) mass is 287 g/mol. The van der Waals surface area contributed by atoms with E-state index in [4.69, 9.17) is 5.73 Å². The first-order chi connectivity index (χ1) is 7.70. The highest BCUT2D eigenvalue weighted by atomic mass is 79.9. The topological polar surface area (TPSA) is 66.5 Å². The molecule has 0 radical (unpaired) electrons. The Morgan fingerprint density at radius 2 is 1.94 bits per heavy atom. The Hall–Kier alpha value is -0.420. The molecular weight excluding hydrogens is 270 g/mol. The Labute approximate surface area is 104 Å². The van der Waals surface area contributed by atoms with Gasteiger partial charge in [0.1, 0.15) is 6.10 Å². The molecule has 0 aliphatic rings. The quantitative estimate of drug-likeness (QED) is 0.693. The lowest BCUT2D eigenvalue weighted by atomic mass is 9.96. The fourth-order valence-corrected chi connectivity index (χ4v) is 2.15. The molecule has 0 aliphatic carbocycles. The SMILES string of the molecule is NCCc1ccccc1C(O)C(O)CCBr. The van der Waals surface area contributed by atoms with Gasteiger partial charge >= 0.3 is 0 Å². The van der Waals surface area contributed by atoms with E-state index in [9.17, 15) is 10.2 Å². The summed E-state index contributed by atoms with van der Waals surface area (Å²) in [5.41, 5.74) is 7.30. The first-order valence-electron chi connectivity index (χ1n) is 5.40. The Kier molecular flexibility index (Phi) is 5.98. The summed E-state index contributed by atoms with van der Waals surface area (Å²) >= 11 is 3.25. The van der Waals surface area contributed by atoms with Crippen LogP contribution in [0.15, 0.2) is 24.3 Å². The van der Waals surface area contributed by atoms with E-state index in [0.717, 1.165) is 11.1 Å². The lowest BCUT2D eigenvalue weighted by Gasteiger charge is -2.20. The lowest BCUT2D eigenvalue weighted by Crippen LogP contribution is -2.20. The highest BCUT2D eigenvalue weighted by Gasteiger charge is 2.19. The van der Waals surface area contributed by atoms with E-state index < -0.39 is 12.2 Å². The predicted molar refractivity (Wildman–Crippen MR) is 68.6 cm³/mol. The highest BCUT2D eigenvalue weighted by Crippen LogP contribution is 2.23. The normalized spacial score (nSPS) is 14.8. The van der Waals surface area contributed by atoms with Crippen molar-refractivity contribution in [2.45, 2.75) is 25.0 Å². The number of halogens is 1. The van der Waals surface area contributed by atoms with Crippen LogP contribution in [0.3, 0.4) is 0 Å². The molecule has 0 heterocycles. The first kappa shape index (κ1) is 13.6. The molecule has 1 rings (SSSR count). The molecule has 90 valence electrons. The zero-order valence-corrected chi connectivity index (χ0v) is 10.7. The summed E-state index contributed by atoms with van der Waals surface area (Å²) < 4.78 is 0. The zero-order valence-electron chi connectivity index (χ0n) is 9.14. The van der Waals surface area contributed by atoms with Crippen LogP contribution in [0.2, 0.25) is 0 Å². The molecule has 16 heavy (non-hydrogen) atoms. The Morgan fingerprint density at radius 1 is 1.25 bits per heavy atom. The zero-order chi connectivity index (χ0) is 12.0. The van der Waals surface area contributed by atoms with Gasteiger partial charge in [-0.15, -0.1) is 0 Å². The summed E-state index contributed by atoms with van der Waals surface area (Å²) in [6, 6.07) is 7.55. The molecule has 0 amide bonds. The average Bonchev–Trinajstić information content (AvgIpc) is 2.29.